The second-order valence-electron chi connectivity index (χ2n) is 6.70. The van der Waals surface area contributed by atoms with Crippen molar-refractivity contribution in [3.63, 3.8) is 0 Å². The third kappa shape index (κ3) is 6.49. The molecule has 0 aromatic heterocycles. The van der Waals surface area contributed by atoms with Gasteiger partial charge in [0.25, 0.3) is 5.91 Å². The number of rotatable bonds is 8. The van der Waals surface area contributed by atoms with Gasteiger partial charge in [0.1, 0.15) is 11.5 Å². The van der Waals surface area contributed by atoms with Crippen LogP contribution in [0.15, 0.2) is 48.5 Å². The number of carbonyl (C=O) groups is 1. The van der Waals surface area contributed by atoms with Crippen LogP contribution in [0.25, 0.3) is 0 Å². The molecule has 0 unspecified atom stereocenters. The molecule has 0 radical (unpaired) electrons. The summed E-state index contributed by atoms with van der Waals surface area (Å²) < 4.78 is 11.3. The molecule has 0 heterocycles. The first-order chi connectivity index (χ1) is 11.9. The first-order valence-electron chi connectivity index (χ1n) is 8.75. The number of hydrogen-bond donors (Lipinski definition) is 1. The highest BCUT2D eigenvalue weighted by Gasteiger charge is 2.07. The fourth-order valence-electron chi connectivity index (χ4n) is 2.21. The van der Waals surface area contributed by atoms with Crippen molar-refractivity contribution >= 4 is 11.6 Å². The molecular weight excluding hydrogens is 314 g/mol. The lowest BCUT2D eigenvalue weighted by atomic mass is 10.1. The van der Waals surface area contributed by atoms with Gasteiger partial charge < -0.3 is 14.8 Å². The van der Waals surface area contributed by atoms with E-state index in [1.165, 1.54) is 0 Å². The van der Waals surface area contributed by atoms with Crippen molar-refractivity contribution in [3.8, 4) is 11.5 Å². The minimum absolute atomic E-state index is 0.127. The predicted molar refractivity (Wildman–Crippen MR) is 102 cm³/mol. The zero-order valence-electron chi connectivity index (χ0n) is 15.4. The molecule has 2 rings (SSSR count). The molecule has 2 aromatic rings. The van der Waals surface area contributed by atoms with Crippen LogP contribution in [0.1, 0.15) is 44.5 Å². The van der Waals surface area contributed by atoms with Crippen LogP contribution in [0.2, 0.25) is 0 Å². The highest BCUT2D eigenvalue weighted by Crippen LogP contribution is 2.18. The fraction of sp³-hybridized carbons (Fsp3) is 0.381. The van der Waals surface area contributed by atoms with E-state index in [4.69, 9.17) is 9.47 Å². The Morgan fingerprint density at radius 2 is 1.52 bits per heavy atom. The van der Waals surface area contributed by atoms with Crippen LogP contribution in [0.4, 0.5) is 5.69 Å². The molecule has 0 spiro atoms. The smallest absolute Gasteiger partial charge is 0.255 e. The molecule has 0 aliphatic rings. The van der Waals surface area contributed by atoms with E-state index in [2.05, 4.69) is 19.2 Å². The third-order valence-electron chi connectivity index (χ3n) is 3.56. The van der Waals surface area contributed by atoms with Gasteiger partial charge in [-0.05, 0) is 74.7 Å². The topological polar surface area (TPSA) is 47.6 Å². The Balaban J connectivity index is 1.89. The van der Waals surface area contributed by atoms with Crippen molar-refractivity contribution in [1.82, 2.24) is 0 Å². The van der Waals surface area contributed by atoms with Crippen molar-refractivity contribution in [2.45, 2.75) is 40.2 Å². The minimum atomic E-state index is -0.147. The molecule has 0 saturated carbocycles. The summed E-state index contributed by atoms with van der Waals surface area (Å²) >= 11 is 0. The zero-order valence-corrected chi connectivity index (χ0v) is 15.4. The van der Waals surface area contributed by atoms with Crippen molar-refractivity contribution < 1.29 is 14.3 Å². The number of hydrogen-bond acceptors (Lipinski definition) is 3. The predicted octanol–water partition coefficient (Wildman–Crippen LogP) is 5.15. The maximum atomic E-state index is 12.3. The second-order valence-corrected chi connectivity index (χ2v) is 6.70. The summed E-state index contributed by atoms with van der Waals surface area (Å²) in [6.45, 7) is 8.97. The molecule has 4 nitrogen and oxygen atoms in total. The van der Waals surface area contributed by atoms with Crippen LogP contribution in [0.5, 0.6) is 11.5 Å². The van der Waals surface area contributed by atoms with E-state index in [0.29, 0.717) is 18.1 Å². The van der Waals surface area contributed by atoms with Gasteiger partial charge in [-0.25, -0.2) is 0 Å². The molecule has 1 amide bonds. The number of ether oxygens (including phenoxy) is 2. The van der Waals surface area contributed by atoms with Crippen molar-refractivity contribution in [2.24, 2.45) is 5.92 Å². The monoisotopic (exact) mass is 341 g/mol. The summed E-state index contributed by atoms with van der Waals surface area (Å²) in [5.74, 6) is 2.04. The molecule has 0 aliphatic heterocycles. The van der Waals surface area contributed by atoms with Crippen LogP contribution < -0.4 is 14.8 Å². The van der Waals surface area contributed by atoms with Crippen LogP contribution in [-0.2, 0) is 0 Å². The molecule has 0 saturated heterocycles. The van der Waals surface area contributed by atoms with Gasteiger partial charge in [0.05, 0.1) is 12.7 Å². The molecule has 4 heteroatoms. The molecule has 0 atom stereocenters. The molecule has 0 aliphatic carbocycles. The molecule has 0 fully saturated rings. The van der Waals surface area contributed by atoms with Gasteiger partial charge in [-0.15, -0.1) is 0 Å². The highest BCUT2D eigenvalue weighted by atomic mass is 16.5. The number of benzene rings is 2. The maximum absolute atomic E-state index is 12.3. The van der Waals surface area contributed by atoms with Crippen molar-refractivity contribution in [2.75, 3.05) is 11.9 Å². The van der Waals surface area contributed by atoms with Crippen LogP contribution in [0, 0.1) is 5.92 Å². The summed E-state index contributed by atoms with van der Waals surface area (Å²) in [6.07, 6.45) is 1.14. The number of carbonyl (C=O) groups excluding carboxylic acids is 1. The Kier molecular flexibility index (Phi) is 6.87. The van der Waals surface area contributed by atoms with Gasteiger partial charge in [-0.3, -0.25) is 4.79 Å². The first kappa shape index (κ1) is 18.8. The SMILES string of the molecule is CC(C)CCOc1ccc(C(=O)Nc2ccc(OC(C)C)cc2)cc1. The molecule has 0 bridgehead atoms. The quantitative estimate of drug-likeness (QED) is 0.722. The fourth-order valence-corrected chi connectivity index (χ4v) is 2.21. The standard InChI is InChI=1S/C21H27NO3/c1-15(2)13-14-24-19-9-5-17(6-10-19)21(23)22-18-7-11-20(12-8-18)25-16(3)4/h5-12,15-16H,13-14H2,1-4H3,(H,22,23). The van der Waals surface area contributed by atoms with Crippen LogP contribution >= 0.6 is 0 Å². The van der Waals surface area contributed by atoms with E-state index in [-0.39, 0.29) is 12.0 Å². The summed E-state index contributed by atoms with van der Waals surface area (Å²) in [5, 5.41) is 2.88. The van der Waals surface area contributed by atoms with Gasteiger partial charge in [0.15, 0.2) is 0 Å². The number of amides is 1. The Hall–Kier alpha value is -2.49. The molecular formula is C21H27NO3. The van der Waals surface area contributed by atoms with E-state index in [0.717, 1.165) is 23.6 Å². The minimum Gasteiger partial charge on any atom is -0.494 e. The van der Waals surface area contributed by atoms with Gasteiger partial charge in [-0.2, -0.15) is 0 Å². The molecule has 1 N–H and O–H groups in total. The largest absolute Gasteiger partial charge is 0.494 e. The Morgan fingerprint density at radius 1 is 0.920 bits per heavy atom. The lowest BCUT2D eigenvalue weighted by Gasteiger charge is -2.11. The van der Waals surface area contributed by atoms with Gasteiger partial charge >= 0.3 is 0 Å². The summed E-state index contributed by atoms with van der Waals surface area (Å²) in [7, 11) is 0. The van der Waals surface area contributed by atoms with Crippen LogP contribution in [0.3, 0.4) is 0 Å². The normalized spacial score (nSPS) is 10.8. The average Bonchev–Trinajstić information content (AvgIpc) is 2.56. The summed E-state index contributed by atoms with van der Waals surface area (Å²) in [5.41, 5.74) is 1.33. The Morgan fingerprint density at radius 3 is 2.08 bits per heavy atom. The summed E-state index contributed by atoms with van der Waals surface area (Å²) in [4.78, 5) is 12.3. The third-order valence-corrected chi connectivity index (χ3v) is 3.56. The van der Waals surface area contributed by atoms with Crippen molar-refractivity contribution in [1.29, 1.82) is 0 Å². The molecule has 25 heavy (non-hydrogen) atoms. The molecule has 2 aromatic carbocycles. The lowest BCUT2D eigenvalue weighted by Crippen LogP contribution is -2.12. The lowest BCUT2D eigenvalue weighted by molar-refractivity contribution is 0.102. The van der Waals surface area contributed by atoms with Gasteiger partial charge in [-0.1, -0.05) is 13.8 Å². The highest BCUT2D eigenvalue weighted by molar-refractivity contribution is 6.04. The average molecular weight is 341 g/mol. The maximum Gasteiger partial charge on any atom is 0.255 e. The zero-order chi connectivity index (χ0) is 18.2. The van der Waals surface area contributed by atoms with E-state index >= 15 is 0 Å². The van der Waals surface area contributed by atoms with Gasteiger partial charge in [0, 0.05) is 11.3 Å². The van der Waals surface area contributed by atoms with Crippen LogP contribution in [-0.4, -0.2) is 18.6 Å². The Labute approximate surface area is 150 Å². The van der Waals surface area contributed by atoms with Crippen molar-refractivity contribution in [3.05, 3.63) is 54.1 Å². The van der Waals surface area contributed by atoms with Gasteiger partial charge in [0.2, 0.25) is 0 Å². The second kappa shape index (κ2) is 9.11. The van der Waals surface area contributed by atoms with E-state index in [1.807, 2.05) is 50.2 Å². The number of nitrogens with one attached hydrogen (secondary N) is 1. The van der Waals surface area contributed by atoms with E-state index in [9.17, 15) is 4.79 Å². The summed E-state index contributed by atoms with van der Waals surface area (Å²) in [6, 6.07) is 14.6. The van der Waals surface area contributed by atoms with E-state index < -0.39 is 0 Å². The molecule has 134 valence electrons. The van der Waals surface area contributed by atoms with E-state index in [1.54, 1.807) is 12.1 Å². The first-order valence-corrected chi connectivity index (χ1v) is 8.75. The number of anilines is 1. The Bertz CT molecular complexity index is 661.